The van der Waals surface area contributed by atoms with Gasteiger partial charge in [-0.25, -0.2) is 17.9 Å². The van der Waals surface area contributed by atoms with Crippen LogP contribution in [0.2, 0.25) is 0 Å². The predicted octanol–water partition coefficient (Wildman–Crippen LogP) is 0.133. The zero-order valence-corrected chi connectivity index (χ0v) is 7.69. The Kier molecular flexibility index (Phi) is 1.59. The molecule has 5 nitrogen and oxygen atoms in total. The molecule has 0 saturated carbocycles. The minimum atomic E-state index is -3.20. The molecule has 0 aromatic carbocycles. The molecular formula is C7H7N3O2S. The molecule has 0 unspecified atom stereocenters. The molecule has 6 heteroatoms. The van der Waals surface area contributed by atoms with Crippen LogP contribution in [0.3, 0.4) is 0 Å². The van der Waals surface area contributed by atoms with Crippen LogP contribution in [0.15, 0.2) is 29.6 Å². The van der Waals surface area contributed by atoms with Crippen molar-refractivity contribution in [3.8, 4) is 0 Å². The monoisotopic (exact) mass is 197 g/mol. The lowest BCUT2D eigenvalue weighted by Gasteiger charge is -1.97. The Morgan fingerprint density at radius 1 is 1.46 bits per heavy atom. The molecule has 0 aliphatic rings. The van der Waals surface area contributed by atoms with Crippen molar-refractivity contribution in [2.75, 3.05) is 6.26 Å². The highest BCUT2D eigenvalue weighted by atomic mass is 32.2. The van der Waals surface area contributed by atoms with Gasteiger partial charge in [-0.2, -0.15) is 5.10 Å². The van der Waals surface area contributed by atoms with Gasteiger partial charge in [0.15, 0.2) is 15.5 Å². The Balaban J connectivity index is 2.75. The highest BCUT2D eigenvalue weighted by Gasteiger charge is 2.08. The van der Waals surface area contributed by atoms with Crippen LogP contribution in [0.1, 0.15) is 0 Å². The maximum Gasteiger partial charge on any atom is 0.178 e. The lowest BCUT2D eigenvalue weighted by atomic mass is 10.6. The van der Waals surface area contributed by atoms with Crippen molar-refractivity contribution < 1.29 is 8.42 Å². The quantitative estimate of drug-likeness (QED) is 0.652. The molecule has 0 spiro atoms. The van der Waals surface area contributed by atoms with Gasteiger partial charge >= 0.3 is 0 Å². The van der Waals surface area contributed by atoms with Crippen LogP contribution in [-0.2, 0) is 9.84 Å². The number of hydrogen-bond acceptors (Lipinski definition) is 4. The summed E-state index contributed by atoms with van der Waals surface area (Å²) in [5.74, 6) is 0. The first-order chi connectivity index (χ1) is 6.07. The van der Waals surface area contributed by atoms with Crippen LogP contribution < -0.4 is 0 Å². The van der Waals surface area contributed by atoms with Gasteiger partial charge in [-0.15, -0.1) is 0 Å². The molecule has 68 valence electrons. The third-order valence-corrected chi connectivity index (χ3v) is 2.72. The van der Waals surface area contributed by atoms with E-state index in [-0.39, 0.29) is 4.90 Å². The predicted molar refractivity (Wildman–Crippen MR) is 46.1 cm³/mol. The van der Waals surface area contributed by atoms with Gasteiger partial charge in [-0.1, -0.05) is 0 Å². The maximum atomic E-state index is 11.1. The number of fused-ring (bicyclic) bond motifs is 1. The molecule has 2 heterocycles. The number of hydrogen-bond donors (Lipinski definition) is 0. The van der Waals surface area contributed by atoms with E-state index < -0.39 is 9.84 Å². The van der Waals surface area contributed by atoms with Gasteiger partial charge in [0.1, 0.15) is 4.90 Å². The van der Waals surface area contributed by atoms with Crippen LogP contribution in [-0.4, -0.2) is 29.3 Å². The fourth-order valence-electron chi connectivity index (χ4n) is 0.984. The Hall–Kier alpha value is -1.43. The van der Waals surface area contributed by atoms with E-state index in [4.69, 9.17) is 0 Å². The molecule has 2 aromatic heterocycles. The maximum absolute atomic E-state index is 11.1. The molecule has 0 saturated heterocycles. The van der Waals surface area contributed by atoms with E-state index in [1.165, 1.54) is 16.9 Å². The van der Waals surface area contributed by atoms with Gasteiger partial charge in [0, 0.05) is 18.5 Å². The molecular weight excluding hydrogens is 190 g/mol. The Labute approximate surface area is 74.9 Å². The fourth-order valence-corrected chi connectivity index (χ4v) is 1.52. The second-order valence-corrected chi connectivity index (χ2v) is 4.71. The van der Waals surface area contributed by atoms with Gasteiger partial charge in [-0.05, 0) is 0 Å². The molecule has 2 aromatic rings. The second kappa shape index (κ2) is 2.53. The topological polar surface area (TPSA) is 64.3 Å². The lowest BCUT2D eigenvalue weighted by Crippen LogP contribution is -2.01. The summed E-state index contributed by atoms with van der Waals surface area (Å²) in [7, 11) is -3.20. The van der Waals surface area contributed by atoms with E-state index in [0.29, 0.717) is 5.65 Å². The summed E-state index contributed by atoms with van der Waals surface area (Å²) < 4.78 is 23.7. The smallest absolute Gasteiger partial charge is 0.178 e. The molecule has 0 atom stereocenters. The molecule has 0 aliphatic carbocycles. The zero-order valence-electron chi connectivity index (χ0n) is 6.88. The zero-order chi connectivity index (χ0) is 9.47. The van der Waals surface area contributed by atoms with Crippen molar-refractivity contribution in [3.05, 3.63) is 24.7 Å². The summed E-state index contributed by atoms with van der Waals surface area (Å²) in [6.45, 7) is 0. The van der Waals surface area contributed by atoms with Gasteiger partial charge in [-0.3, -0.25) is 0 Å². The fraction of sp³-hybridized carbons (Fsp3) is 0.143. The van der Waals surface area contributed by atoms with E-state index in [1.54, 1.807) is 12.3 Å². The van der Waals surface area contributed by atoms with E-state index in [2.05, 4.69) is 10.1 Å². The van der Waals surface area contributed by atoms with Crippen LogP contribution in [0.4, 0.5) is 0 Å². The highest BCUT2D eigenvalue weighted by Crippen LogP contribution is 2.07. The molecule has 13 heavy (non-hydrogen) atoms. The lowest BCUT2D eigenvalue weighted by molar-refractivity contribution is 0.600. The van der Waals surface area contributed by atoms with Crippen LogP contribution in [0.5, 0.6) is 0 Å². The molecule has 0 N–H and O–H groups in total. The molecule has 0 amide bonds. The summed E-state index contributed by atoms with van der Waals surface area (Å²) in [6, 6.07) is 1.70. The van der Waals surface area contributed by atoms with Crippen molar-refractivity contribution in [1.82, 2.24) is 14.6 Å². The molecule has 0 bridgehead atoms. The first-order valence-corrected chi connectivity index (χ1v) is 5.46. The van der Waals surface area contributed by atoms with Gasteiger partial charge in [0.05, 0.1) is 12.4 Å². The summed E-state index contributed by atoms with van der Waals surface area (Å²) in [5, 5.41) is 3.88. The standard InChI is InChI=1S/C7H7N3O2S/c1-13(11,12)6-4-8-7-2-3-9-10(7)5-6/h2-5H,1H3. The SMILES string of the molecule is CS(=O)(=O)c1cnc2ccnn2c1. The van der Waals surface area contributed by atoms with Gasteiger partial charge < -0.3 is 0 Å². The normalized spacial score (nSPS) is 12.1. The van der Waals surface area contributed by atoms with Crippen molar-refractivity contribution in [2.24, 2.45) is 0 Å². The largest absolute Gasteiger partial charge is 0.236 e. The third-order valence-electron chi connectivity index (χ3n) is 1.65. The van der Waals surface area contributed by atoms with Crippen molar-refractivity contribution in [3.63, 3.8) is 0 Å². The van der Waals surface area contributed by atoms with Crippen LogP contribution in [0, 0.1) is 0 Å². The third kappa shape index (κ3) is 1.40. The second-order valence-electron chi connectivity index (χ2n) is 2.70. The van der Waals surface area contributed by atoms with Crippen molar-refractivity contribution in [1.29, 1.82) is 0 Å². The van der Waals surface area contributed by atoms with Crippen LogP contribution in [0.25, 0.3) is 5.65 Å². The van der Waals surface area contributed by atoms with Crippen molar-refractivity contribution >= 4 is 15.5 Å². The molecule has 2 rings (SSSR count). The van der Waals surface area contributed by atoms with E-state index in [9.17, 15) is 8.42 Å². The van der Waals surface area contributed by atoms with Crippen molar-refractivity contribution in [2.45, 2.75) is 4.90 Å². The van der Waals surface area contributed by atoms with E-state index in [0.717, 1.165) is 6.26 Å². The Bertz CT molecular complexity index is 544. The van der Waals surface area contributed by atoms with Crippen LogP contribution >= 0.6 is 0 Å². The van der Waals surface area contributed by atoms with Gasteiger partial charge in [0.2, 0.25) is 0 Å². The molecule has 0 aliphatic heterocycles. The average molecular weight is 197 g/mol. The number of rotatable bonds is 1. The van der Waals surface area contributed by atoms with Gasteiger partial charge in [0.25, 0.3) is 0 Å². The number of sulfone groups is 1. The highest BCUT2D eigenvalue weighted by molar-refractivity contribution is 7.90. The van der Waals surface area contributed by atoms with E-state index in [1.807, 2.05) is 0 Å². The molecule has 0 fully saturated rings. The minimum absolute atomic E-state index is 0.170. The number of aromatic nitrogens is 3. The first-order valence-electron chi connectivity index (χ1n) is 3.57. The minimum Gasteiger partial charge on any atom is -0.236 e. The average Bonchev–Trinajstić information content (AvgIpc) is 2.47. The summed E-state index contributed by atoms with van der Waals surface area (Å²) in [5.41, 5.74) is 0.632. The summed E-state index contributed by atoms with van der Waals surface area (Å²) in [4.78, 5) is 4.10. The molecule has 0 radical (unpaired) electrons. The number of nitrogens with zero attached hydrogens (tertiary/aromatic N) is 3. The first kappa shape index (κ1) is 8.18. The Morgan fingerprint density at radius 3 is 2.92 bits per heavy atom. The summed E-state index contributed by atoms with van der Waals surface area (Å²) >= 11 is 0. The Morgan fingerprint density at radius 2 is 2.23 bits per heavy atom. The van der Waals surface area contributed by atoms with E-state index >= 15 is 0 Å². The summed E-state index contributed by atoms with van der Waals surface area (Å²) in [6.07, 6.45) is 5.47.